The van der Waals surface area contributed by atoms with Gasteiger partial charge in [-0.2, -0.15) is 0 Å². The molecule has 0 atom stereocenters. The van der Waals surface area contributed by atoms with Gasteiger partial charge >= 0.3 is 0 Å². The minimum Gasteiger partial charge on any atom is -0.314 e. The first kappa shape index (κ1) is 11.9. The molecule has 1 saturated heterocycles. The van der Waals surface area contributed by atoms with Crippen LogP contribution in [0.25, 0.3) is 0 Å². The van der Waals surface area contributed by atoms with Crippen LogP contribution in [0.3, 0.4) is 0 Å². The largest absolute Gasteiger partial charge is 0.314 e. The van der Waals surface area contributed by atoms with E-state index in [9.17, 15) is 4.39 Å². The summed E-state index contributed by atoms with van der Waals surface area (Å²) in [6.45, 7) is 6.38. The number of hydrogen-bond donors (Lipinski definition) is 1. The second-order valence-electron chi connectivity index (χ2n) is 4.11. The molecule has 1 aliphatic rings. The van der Waals surface area contributed by atoms with Gasteiger partial charge in [0.25, 0.3) is 0 Å². The third-order valence-corrected chi connectivity index (χ3v) is 2.88. The Hall–Kier alpha value is -0.150. The molecule has 3 heteroatoms. The third-order valence-electron chi connectivity index (χ3n) is 2.88. The third kappa shape index (κ3) is 4.38. The lowest BCUT2D eigenvalue weighted by molar-refractivity contribution is 0.191. The molecule has 1 aliphatic heterocycles. The molecule has 0 spiro atoms. The summed E-state index contributed by atoms with van der Waals surface area (Å²) in [6, 6.07) is 0.705. The molecule has 0 unspecified atom stereocenters. The van der Waals surface area contributed by atoms with Gasteiger partial charge in [-0.15, -0.1) is 0 Å². The van der Waals surface area contributed by atoms with Crippen LogP contribution in [0.15, 0.2) is 0 Å². The summed E-state index contributed by atoms with van der Waals surface area (Å²) in [5.74, 6) is 0. The first-order valence-electron chi connectivity index (χ1n) is 5.88. The quantitative estimate of drug-likeness (QED) is 0.706. The number of likely N-dealkylation sites (tertiary alicyclic amines) is 1. The van der Waals surface area contributed by atoms with Crippen LogP contribution >= 0.6 is 0 Å². The molecule has 2 nitrogen and oxygen atoms in total. The Labute approximate surface area is 86.9 Å². The van der Waals surface area contributed by atoms with Crippen molar-refractivity contribution in [1.29, 1.82) is 0 Å². The molecule has 1 fully saturated rings. The predicted molar refractivity (Wildman–Crippen MR) is 58.3 cm³/mol. The Morgan fingerprint density at radius 2 is 2.07 bits per heavy atom. The maximum atomic E-state index is 12.0. The van der Waals surface area contributed by atoms with Gasteiger partial charge in [0.05, 0.1) is 6.67 Å². The molecule has 0 saturated carbocycles. The molecule has 1 rings (SSSR count). The normalized spacial score (nSPS) is 20.1. The maximum absolute atomic E-state index is 12.0. The highest BCUT2D eigenvalue weighted by Gasteiger charge is 2.17. The molecule has 0 aromatic rings. The minimum absolute atomic E-state index is 0.173. The van der Waals surface area contributed by atoms with Crippen LogP contribution in [0.4, 0.5) is 4.39 Å². The molecule has 0 radical (unpaired) electrons. The number of nitrogens with zero attached hydrogens (tertiary/aromatic N) is 1. The summed E-state index contributed by atoms with van der Waals surface area (Å²) < 4.78 is 12.0. The summed E-state index contributed by atoms with van der Waals surface area (Å²) in [5.41, 5.74) is 0. The van der Waals surface area contributed by atoms with Crippen molar-refractivity contribution in [2.45, 2.75) is 38.6 Å². The van der Waals surface area contributed by atoms with Gasteiger partial charge in [0.2, 0.25) is 0 Å². The van der Waals surface area contributed by atoms with Crippen LogP contribution < -0.4 is 5.32 Å². The van der Waals surface area contributed by atoms with E-state index in [-0.39, 0.29) is 6.67 Å². The van der Waals surface area contributed by atoms with Crippen LogP contribution in [-0.2, 0) is 0 Å². The summed E-state index contributed by atoms with van der Waals surface area (Å²) in [7, 11) is 0. The summed E-state index contributed by atoms with van der Waals surface area (Å²) in [5, 5.41) is 3.55. The molecule has 0 aromatic heterocycles. The van der Waals surface area contributed by atoms with Crippen molar-refractivity contribution < 1.29 is 4.39 Å². The Morgan fingerprint density at radius 3 is 2.64 bits per heavy atom. The van der Waals surface area contributed by atoms with E-state index in [0.717, 1.165) is 26.2 Å². The van der Waals surface area contributed by atoms with E-state index in [1.54, 1.807) is 0 Å². The molecule has 14 heavy (non-hydrogen) atoms. The summed E-state index contributed by atoms with van der Waals surface area (Å²) >= 11 is 0. The zero-order chi connectivity index (χ0) is 10.2. The molecule has 0 bridgehead atoms. The van der Waals surface area contributed by atoms with Crippen molar-refractivity contribution in [2.75, 3.05) is 32.9 Å². The van der Waals surface area contributed by atoms with Gasteiger partial charge in [-0.25, -0.2) is 0 Å². The van der Waals surface area contributed by atoms with E-state index in [0.29, 0.717) is 12.5 Å². The highest BCUT2D eigenvalue weighted by atomic mass is 19.1. The van der Waals surface area contributed by atoms with Crippen molar-refractivity contribution >= 4 is 0 Å². The Balaban J connectivity index is 2.05. The van der Waals surface area contributed by atoms with E-state index in [4.69, 9.17) is 0 Å². The number of rotatable bonds is 6. The van der Waals surface area contributed by atoms with E-state index in [2.05, 4.69) is 17.1 Å². The molecule has 1 N–H and O–H groups in total. The number of alkyl halides is 1. The predicted octanol–water partition coefficient (Wildman–Crippen LogP) is 1.81. The van der Waals surface area contributed by atoms with Crippen molar-refractivity contribution in [2.24, 2.45) is 0 Å². The average molecular weight is 202 g/mol. The van der Waals surface area contributed by atoms with Crippen LogP contribution in [0.1, 0.15) is 32.6 Å². The molecular formula is C11H23FN2. The van der Waals surface area contributed by atoms with Crippen LogP contribution in [0.5, 0.6) is 0 Å². The fraction of sp³-hybridized carbons (Fsp3) is 1.00. The average Bonchev–Trinajstić information content (AvgIpc) is 2.25. The Kier molecular flexibility index (Phi) is 6.12. The van der Waals surface area contributed by atoms with Gasteiger partial charge < -0.3 is 10.2 Å². The van der Waals surface area contributed by atoms with Gasteiger partial charge in [0.1, 0.15) is 0 Å². The molecule has 0 aromatic carbocycles. The standard InChI is InChI=1S/C11H23FN2/c1-2-7-13-11-4-9-14(10-5-11)8-3-6-12/h11,13H,2-10H2,1H3. The number of piperidine rings is 1. The lowest BCUT2D eigenvalue weighted by atomic mass is 10.0. The van der Waals surface area contributed by atoms with E-state index >= 15 is 0 Å². The number of hydrogen-bond acceptors (Lipinski definition) is 2. The molecular weight excluding hydrogens is 179 g/mol. The van der Waals surface area contributed by atoms with E-state index < -0.39 is 0 Å². The van der Waals surface area contributed by atoms with E-state index in [1.807, 2.05) is 0 Å². The first-order valence-corrected chi connectivity index (χ1v) is 5.88. The summed E-state index contributed by atoms with van der Waals surface area (Å²) in [6.07, 6.45) is 4.37. The smallest absolute Gasteiger partial charge is 0.0906 e. The highest BCUT2D eigenvalue weighted by Crippen LogP contribution is 2.10. The Morgan fingerprint density at radius 1 is 1.36 bits per heavy atom. The number of halogens is 1. The first-order chi connectivity index (χ1) is 6.86. The van der Waals surface area contributed by atoms with Crippen LogP contribution in [-0.4, -0.2) is 43.8 Å². The molecule has 1 heterocycles. The van der Waals surface area contributed by atoms with Crippen molar-refractivity contribution in [1.82, 2.24) is 10.2 Å². The van der Waals surface area contributed by atoms with Crippen molar-refractivity contribution in [3.8, 4) is 0 Å². The zero-order valence-corrected chi connectivity index (χ0v) is 9.27. The molecule has 0 aliphatic carbocycles. The number of nitrogens with one attached hydrogen (secondary N) is 1. The fourth-order valence-corrected chi connectivity index (χ4v) is 1.99. The zero-order valence-electron chi connectivity index (χ0n) is 9.27. The lowest BCUT2D eigenvalue weighted by Crippen LogP contribution is -2.43. The second kappa shape index (κ2) is 7.18. The monoisotopic (exact) mass is 202 g/mol. The van der Waals surface area contributed by atoms with Crippen LogP contribution in [0.2, 0.25) is 0 Å². The van der Waals surface area contributed by atoms with Crippen LogP contribution in [0, 0.1) is 0 Å². The summed E-state index contributed by atoms with van der Waals surface area (Å²) in [4.78, 5) is 2.38. The second-order valence-corrected chi connectivity index (χ2v) is 4.11. The van der Waals surface area contributed by atoms with Crippen molar-refractivity contribution in [3.63, 3.8) is 0 Å². The molecule has 84 valence electrons. The fourth-order valence-electron chi connectivity index (χ4n) is 1.99. The van der Waals surface area contributed by atoms with Gasteiger partial charge in [0, 0.05) is 12.6 Å². The maximum Gasteiger partial charge on any atom is 0.0906 e. The van der Waals surface area contributed by atoms with Gasteiger partial charge in [0.15, 0.2) is 0 Å². The SMILES string of the molecule is CCCNC1CCN(CCCF)CC1. The Bertz CT molecular complexity index is 117. The van der Waals surface area contributed by atoms with Crippen molar-refractivity contribution in [3.05, 3.63) is 0 Å². The van der Waals surface area contributed by atoms with E-state index in [1.165, 1.54) is 19.3 Å². The van der Waals surface area contributed by atoms with Gasteiger partial charge in [-0.3, -0.25) is 4.39 Å². The van der Waals surface area contributed by atoms with Gasteiger partial charge in [-0.1, -0.05) is 6.92 Å². The lowest BCUT2D eigenvalue weighted by Gasteiger charge is -2.32. The minimum atomic E-state index is -0.173. The van der Waals surface area contributed by atoms with Gasteiger partial charge in [-0.05, 0) is 45.3 Å². The molecule has 0 amide bonds. The highest BCUT2D eigenvalue weighted by molar-refractivity contribution is 4.76. The topological polar surface area (TPSA) is 15.3 Å².